The van der Waals surface area contributed by atoms with Crippen molar-refractivity contribution in [3.63, 3.8) is 0 Å². The normalized spacial score (nSPS) is 8.86. The molecule has 0 N–H and O–H groups in total. The molecule has 0 aliphatic carbocycles. The highest BCUT2D eigenvalue weighted by atomic mass is 14.0. The smallest absolute Gasteiger partial charge is 0.00700 e. The van der Waals surface area contributed by atoms with Crippen molar-refractivity contribution in [3.05, 3.63) is 47.5 Å². The molecule has 0 aliphatic rings. The van der Waals surface area contributed by atoms with Gasteiger partial charge < -0.3 is 0 Å². The minimum absolute atomic E-state index is 1.01. The van der Waals surface area contributed by atoms with Crippen molar-refractivity contribution in [1.82, 2.24) is 0 Å². The van der Waals surface area contributed by atoms with Crippen LogP contribution in [0.4, 0.5) is 0 Å². The second-order valence-corrected chi connectivity index (χ2v) is 3.77. The summed E-state index contributed by atoms with van der Waals surface area (Å²) in [7, 11) is 0. The first kappa shape index (κ1) is 13.0. The molecule has 0 saturated heterocycles. The molecule has 0 spiro atoms. The van der Waals surface area contributed by atoms with Gasteiger partial charge in [-0.1, -0.05) is 56.7 Å². The van der Waals surface area contributed by atoms with E-state index in [1.54, 1.807) is 0 Å². The largest absolute Gasteiger partial charge is 0.0998 e. The topological polar surface area (TPSA) is 0 Å². The van der Waals surface area contributed by atoms with Crippen LogP contribution in [0, 0.1) is 6.92 Å². The highest BCUT2D eigenvalue weighted by Crippen LogP contribution is 2.10. The van der Waals surface area contributed by atoms with Crippen molar-refractivity contribution in [2.75, 3.05) is 0 Å². The summed E-state index contributed by atoms with van der Waals surface area (Å²) in [5, 5.41) is 0. The highest BCUT2D eigenvalue weighted by Gasteiger charge is 1.95. The van der Waals surface area contributed by atoms with E-state index in [1.165, 1.54) is 23.1 Å². The molecule has 0 saturated carbocycles. The van der Waals surface area contributed by atoms with Gasteiger partial charge >= 0.3 is 0 Å². The second-order valence-electron chi connectivity index (χ2n) is 3.77. The van der Waals surface area contributed by atoms with Crippen molar-refractivity contribution < 1.29 is 0 Å². The average molecular weight is 190 g/mol. The zero-order valence-corrected chi connectivity index (χ0v) is 9.93. The van der Waals surface area contributed by atoms with Crippen LogP contribution in [0.2, 0.25) is 0 Å². The van der Waals surface area contributed by atoms with E-state index in [2.05, 4.69) is 58.5 Å². The van der Waals surface area contributed by atoms with Crippen molar-refractivity contribution in [2.45, 2.75) is 40.5 Å². The van der Waals surface area contributed by atoms with Gasteiger partial charge in [-0.3, -0.25) is 0 Å². The quantitative estimate of drug-likeness (QED) is 0.601. The van der Waals surface area contributed by atoms with Crippen LogP contribution in [0.3, 0.4) is 0 Å². The lowest BCUT2D eigenvalue weighted by atomic mass is 10.0. The molecule has 0 heteroatoms. The van der Waals surface area contributed by atoms with Crippen LogP contribution < -0.4 is 0 Å². The molecule has 14 heavy (non-hydrogen) atoms. The summed E-state index contributed by atoms with van der Waals surface area (Å²) >= 11 is 0. The summed E-state index contributed by atoms with van der Waals surface area (Å²) in [6.45, 7) is 12.3. The molecule has 0 unspecified atom stereocenters. The summed E-state index contributed by atoms with van der Waals surface area (Å²) in [6.07, 6.45) is 2.26. The van der Waals surface area contributed by atoms with Crippen LogP contribution in [0.1, 0.15) is 38.3 Å². The molecular formula is C14H22. The number of hydrogen-bond acceptors (Lipinski definition) is 0. The van der Waals surface area contributed by atoms with E-state index in [4.69, 9.17) is 0 Å². The second kappa shape index (κ2) is 7.37. The Morgan fingerprint density at radius 2 is 1.71 bits per heavy atom. The van der Waals surface area contributed by atoms with Gasteiger partial charge in [-0.25, -0.2) is 0 Å². The van der Waals surface area contributed by atoms with Gasteiger partial charge in [0.25, 0.3) is 0 Å². The Kier molecular flexibility index (Phi) is 6.82. The van der Waals surface area contributed by atoms with Crippen molar-refractivity contribution in [2.24, 2.45) is 0 Å². The maximum Gasteiger partial charge on any atom is -0.00700 e. The Labute approximate surface area is 88.7 Å². The first-order chi connectivity index (χ1) is 6.61. The highest BCUT2D eigenvalue weighted by molar-refractivity contribution is 5.28. The molecular weight excluding hydrogens is 168 g/mol. The molecule has 0 amide bonds. The minimum atomic E-state index is 1.01. The van der Waals surface area contributed by atoms with Gasteiger partial charge in [-0.15, -0.1) is 0 Å². The van der Waals surface area contributed by atoms with E-state index >= 15 is 0 Å². The lowest BCUT2D eigenvalue weighted by Gasteiger charge is -2.03. The van der Waals surface area contributed by atoms with E-state index < -0.39 is 0 Å². The van der Waals surface area contributed by atoms with Crippen LogP contribution in [0.5, 0.6) is 0 Å². The summed E-state index contributed by atoms with van der Waals surface area (Å²) < 4.78 is 0. The molecule has 1 aromatic rings. The molecule has 0 radical (unpaired) electrons. The van der Waals surface area contributed by atoms with Gasteiger partial charge in [0.2, 0.25) is 0 Å². The summed E-state index contributed by atoms with van der Waals surface area (Å²) in [5.74, 6) is 0. The monoisotopic (exact) mass is 190 g/mol. The molecule has 0 bridgehead atoms. The average Bonchev–Trinajstić information content (AvgIpc) is 2.09. The van der Waals surface area contributed by atoms with Crippen LogP contribution in [0.25, 0.3) is 0 Å². The number of rotatable bonds is 2. The van der Waals surface area contributed by atoms with Gasteiger partial charge in [0.15, 0.2) is 0 Å². The Bertz CT molecular complexity index is 271. The van der Waals surface area contributed by atoms with Crippen molar-refractivity contribution >= 4 is 0 Å². The predicted octanol–water partition coefficient (Wildman–Crippen LogP) is 4.53. The summed E-state index contributed by atoms with van der Waals surface area (Å²) in [5.41, 5.74) is 3.97. The molecule has 0 aromatic heterocycles. The molecule has 1 rings (SSSR count). The van der Waals surface area contributed by atoms with Crippen molar-refractivity contribution in [1.29, 1.82) is 0 Å². The maximum atomic E-state index is 3.89. The third-order valence-electron chi connectivity index (χ3n) is 1.75. The van der Waals surface area contributed by atoms with Crippen molar-refractivity contribution in [3.8, 4) is 0 Å². The molecule has 0 nitrogen and oxygen atoms in total. The SMILES string of the molecule is C=C(C)Cc1ccccc1C.CCC. The number of aryl methyl sites for hydroxylation is 1. The van der Waals surface area contributed by atoms with Crippen LogP contribution in [-0.4, -0.2) is 0 Å². The summed E-state index contributed by atoms with van der Waals surface area (Å²) in [4.78, 5) is 0. The Balaban J connectivity index is 0.000000500. The van der Waals surface area contributed by atoms with E-state index in [1.807, 2.05) is 0 Å². The lowest BCUT2D eigenvalue weighted by Crippen LogP contribution is -1.88. The fourth-order valence-corrected chi connectivity index (χ4v) is 1.13. The molecule has 0 fully saturated rings. The number of benzene rings is 1. The van der Waals surface area contributed by atoms with Gasteiger partial charge in [-0.2, -0.15) is 0 Å². The Hall–Kier alpha value is -1.04. The lowest BCUT2D eigenvalue weighted by molar-refractivity contribution is 1.09. The molecule has 0 aliphatic heterocycles. The van der Waals surface area contributed by atoms with Crippen LogP contribution in [0.15, 0.2) is 36.4 Å². The number of hydrogen-bond donors (Lipinski definition) is 0. The number of allylic oxidation sites excluding steroid dienone is 1. The molecule has 0 atom stereocenters. The zero-order valence-electron chi connectivity index (χ0n) is 9.93. The van der Waals surface area contributed by atoms with E-state index in [-0.39, 0.29) is 0 Å². The molecule has 78 valence electrons. The molecule has 0 heterocycles. The third-order valence-corrected chi connectivity index (χ3v) is 1.75. The predicted molar refractivity (Wildman–Crippen MR) is 65.7 cm³/mol. The standard InChI is InChI=1S/C11H14.C3H8/c1-9(2)8-11-7-5-4-6-10(11)3;1-3-2/h4-7H,1,8H2,2-3H3;3H2,1-2H3. The maximum absolute atomic E-state index is 3.89. The fourth-order valence-electron chi connectivity index (χ4n) is 1.13. The fraction of sp³-hybridized carbons (Fsp3) is 0.429. The Morgan fingerprint density at radius 1 is 1.21 bits per heavy atom. The van der Waals surface area contributed by atoms with Gasteiger partial charge in [0.1, 0.15) is 0 Å². The zero-order chi connectivity index (χ0) is 11.0. The van der Waals surface area contributed by atoms with Crippen LogP contribution >= 0.6 is 0 Å². The minimum Gasteiger partial charge on any atom is -0.0998 e. The van der Waals surface area contributed by atoms with E-state index in [0.717, 1.165) is 6.42 Å². The summed E-state index contributed by atoms with van der Waals surface area (Å²) in [6, 6.07) is 8.44. The first-order valence-corrected chi connectivity index (χ1v) is 5.30. The van der Waals surface area contributed by atoms with E-state index in [0.29, 0.717) is 0 Å². The van der Waals surface area contributed by atoms with Gasteiger partial charge in [-0.05, 0) is 31.4 Å². The van der Waals surface area contributed by atoms with E-state index in [9.17, 15) is 0 Å². The van der Waals surface area contributed by atoms with Gasteiger partial charge in [0, 0.05) is 0 Å². The van der Waals surface area contributed by atoms with Gasteiger partial charge in [0.05, 0.1) is 0 Å². The third kappa shape index (κ3) is 5.58. The van der Waals surface area contributed by atoms with Crippen LogP contribution in [-0.2, 0) is 6.42 Å². The molecule has 1 aromatic carbocycles. The Morgan fingerprint density at radius 3 is 2.14 bits per heavy atom. The first-order valence-electron chi connectivity index (χ1n) is 5.30.